The zero-order valence-corrected chi connectivity index (χ0v) is 13.8. The highest BCUT2D eigenvalue weighted by atomic mass is 32.1. The number of aromatic nitrogens is 2. The van der Waals surface area contributed by atoms with Gasteiger partial charge in [0.25, 0.3) is 0 Å². The van der Waals surface area contributed by atoms with Crippen molar-refractivity contribution < 1.29 is 9.18 Å². The summed E-state index contributed by atoms with van der Waals surface area (Å²) in [6.07, 6.45) is 0. The SMILES string of the molecule is CC(=O)c1c(C)[nH]c(-c2csc(Nc3ccc(F)cc3)n2)c1C. The van der Waals surface area contributed by atoms with Gasteiger partial charge in [-0.15, -0.1) is 11.3 Å². The minimum absolute atomic E-state index is 0.0439. The van der Waals surface area contributed by atoms with Gasteiger partial charge in [-0.1, -0.05) is 0 Å². The van der Waals surface area contributed by atoms with Crippen LogP contribution >= 0.6 is 11.3 Å². The Morgan fingerprint density at radius 2 is 1.96 bits per heavy atom. The average molecular weight is 329 g/mol. The summed E-state index contributed by atoms with van der Waals surface area (Å²) in [6.45, 7) is 5.37. The molecule has 4 nitrogen and oxygen atoms in total. The van der Waals surface area contributed by atoms with Crippen LogP contribution in [0.1, 0.15) is 28.5 Å². The van der Waals surface area contributed by atoms with Crippen molar-refractivity contribution in [3.8, 4) is 11.4 Å². The van der Waals surface area contributed by atoms with Gasteiger partial charge in [0.1, 0.15) is 11.5 Å². The Morgan fingerprint density at radius 1 is 1.26 bits per heavy atom. The number of thiazole rings is 1. The van der Waals surface area contributed by atoms with Crippen LogP contribution in [-0.2, 0) is 0 Å². The van der Waals surface area contributed by atoms with Gasteiger partial charge in [-0.05, 0) is 50.6 Å². The van der Waals surface area contributed by atoms with Crippen LogP contribution in [0.4, 0.5) is 15.2 Å². The fourth-order valence-electron chi connectivity index (χ4n) is 2.64. The molecule has 0 atom stereocenters. The first-order valence-corrected chi connectivity index (χ1v) is 8.02. The Kier molecular flexibility index (Phi) is 4.00. The maximum atomic E-state index is 12.9. The molecule has 1 aromatic carbocycles. The summed E-state index contributed by atoms with van der Waals surface area (Å²) >= 11 is 1.45. The summed E-state index contributed by atoms with van der Waals surface area (Å²) in [4.78, 5) is 19.5. The highest BCUT2D eigenvalue weighted by Crippen LogP contribution is 2.31. The lowest BCUT2D eigenvalue weighted by atomic mass is 10.1. The molecule has 2 aromatic heterocycles. The summed E-state index contributed by atoms with van der Waals surface area (Å²) in [5, 5.41) is 5.78. The lowest BCUT2D eigenvalue weighted by Crippen LogP contribution is -1.95. The predicted molar refractivity (Wildman–Crippen MR) is 91.1 cm³/mol. The quantitative estimate of drug-likeness (QED) is 0.673. The first kappa shape index (κ1) is 15.4. The van der Waals surface area contributed by atoms with E-state index in [1.165, 1.54) is 23.5 Å². The van der Waals surface area contributed by atoms with E-state index in [2.05, 4.69) is 15.3 Å². The minimum atomic E-state index is -0.273. The van der Waals surface area contributed by atoms with Crippen molar-refractivity contribution >= 4 is 27.9 Å². The maximum Gasteiger partial charge on any atom is 0.187 e. The molecule has 0 fully saturated rings. The van der Waals surface area contributed by atoms with Gasteiger partial charge in [0.2, 0.25) is 0 Å². The zero-order valence-electron chi connectivity index (χ0n) is 13.0. The molecule has 6 heteroatoms. The van der Waals surface area contributed by atoms with Crippen LogP contribution in [0.15, 0.2) is 29.6 Å². The summed E-state index contributed by atoms with van der Waals surface area (Å²) in [7, 11) is 0. The van der Waals surface area contributed by atoms with Crippen molar-refractivity contribution in [2.75, 3.05) is 5.32 Å². The third kappa shape index (κ3) is 3.03. The number of Topliss-reactive ketones (excluding diaryl/α,β-unsaturated/α-hetero) is 1. The van der Waals surface area contributed by atoms with E-state index in [4.69, 9.17) is 0 Å². The van der Waals surface area contributed by atoms with Gasteiger partial charge in [0, 0.05) is 22.3 Å². The topological polar surface area (TPSA) is 57.8 Å². The van der Waals surface area contributed by atoms with Crippen molar-refractivity contribution in [2.45, 2.75) is 20.8 Å². The second-order valence-electron chi connectivity index (χ2n) is 5.35. The first-order valence-electron chi connectivity index (χ1n) is 7.14. The van der Waals surface area contributed by atoms with Crippen molar-refractivity contribution in [3.63, 3.8) is 0 Å². The Morgan fingerprint density at radius 3 is 2.57 bits per heavy atom. The van der Waals surface area contributed by atoms with Crippen molar-refractivity contribution in [1.82, 2.24) is 9.97 Å². The molecular weight excluding hydrogens is 313 g/mol. The first-order chi connectivity index (χ1) is 11.0. The third-order valence-corrected chi connectivity index (χ3v) is 4.40. The Hall–Kier alpha value is -2.47. The summed E-state index contributed by atoms with van der Waals surface area (Å²) in [5.74, 6) is -0.230. The number of hydrogen-bond donors (Lipinski definition) is 2. The van der Waals surface area contributed by atoms with Gasteiger partial charge in [0.15, 0.2) is 10.9 Å². The van der Waals surface area contributed by atoms with Crippen LogP contribution in [-0.4, -0.2) is 15.8 Å². The Balaban J connectivity index is 1.89. The average Bonchev–Trinajstić information content (AvgIpc) is 3.06. The largest absolute Gasteiger partial charge is 0.356 e. The van der Waals surface area contributed by atoms with E-state index in [0.29, 0.717) is 5.13 Å². The number of carbonyl (C=O) groups excluding carboxylic acids is 1. The van der Waals surface area contributed by atoms with Crippen LogP contribution < -0.4 is 5.32 Å². The van der Waals surface area contributed by atoms with Gasteiger partial charge in [-0.25, -0.2) is 9.37 Å². The molecule has 0 spiro atoms. The van der Waals surface area contributed by atoms with Gasteiger partial charge in [0.05, 0.1) is 5.69 Å². The standard InChI is InChI=1S/C17H16FN3OS/c1-9-15(11(3)22)10(2)19-16(9)14-8-23-17(21-14)20-13-6-4-12(18)5-7-13/h4-8,19H,1-3H3,(H,20,21). The predicted octanol–water partition coefficient (Wildman–Crippen LogP) is 4.84. The number of ketones is 1. The molecule has 0 radical (unpaired) electrons. The van der Waals surface area contributed by atoms with E-state index in [9.17, 15) is 9.18 Å². The van der Waals surface area contributed by atoms with Gasteiger partial charge in [-0.3, -0.25) is 4.79 Å². The van der Waals surface area contributed by atoms with E-state index in [-0.39, 0.29) is 11.6 Å². The lowest BCUT2D eigenvalue weighted by Gasteiger charge is -2.01. The number of aryl methyl sites for hydroxylation is 1. The van der Waals surface area contributed by atoms with Crippen LogP contribution in [0, 0.1) is 19.7 Å². The smallest absolute Gasteiger partial charge is 0.187 e. The van der Waals surface area contributed by atoms with Crippen LogP contribution in [0.3, 0.4) is 0 Å². The number of hydrogen-bond acceptors (Lipinski definition) is 4. The van der Waals surface area contributed by atoms with E-state index >= 15 is 0 Å². The van der Waals surface area contributed by atoms with Gasteiger partial charge < -0.3 is 10.3 Å². The fraction of sp³-hybridized carbons (Fsp3) is 0.176. The van der Waals surface area contributed by atoms with Crippen molar-refractivity contribution in [3.05, 3.63) is 52.3 Å². The molecule has 0 aliphatic heterocycles. The number of halogens is 1. The third-order valence-electron chi connectivity index (χ3n) is 3.65. The molecule has 0 amide bonds. The van der Waals surface area contributed by atoms with Gasteiger partial charge in [-0.2, -0.15) is 0 Å². The number of anilines is 2. The Bertz CT molecular complexity index is 865. The van der Waals surface area contributed by atoms with Crippen molar-refractivity contribution in [1.29, 1.82) is 0 Å². The molecule has 0 unspecified atom stereocenters. The molecule has 3 aromatic rings. The van der Waals surface area contributed by atoms with E-state index in [1.807, 2.05) is 19.2 Å². The maximum absolute atomic E-state index is 12.9. The summed E-state index contributed by atoms with van der Waals surface area (Å²) in [5.41, 5.74) is 4.90. The number of aromatic amines is 1. The molecule has 3 rings (SSSR count). The van der Waals surface area contributed by atoms with Crippen LogP contribution in [0.5, 0.6) is 0 Å². The number of nitrogens with one attached hydrogen (secondary N) is 2. The molecular formula is C17H16FN3OS. The number of nitrogens with zero attached hydrogens (tertiary/aromatic N) is 1. The highest BCUT2D eigenvalue weighted by molar-refractivity contribution is 7.14. The molecule has 23 heavy (non-hydrogen) atoms. The second-order valence-corrected chi connectivity index (χ2v) is 6.21. The lowest BCUT2D eigenvalue weighted by molar-refractivity contribution is 0.101. The number of rotatable bonds is 4. The van der Waals surface area contributed by atoms with Crippen LogP contribution in [0.2, 0.25) is 0 Å². The number of carbonyl (C=O) groups is 1. The fourth-order valence-corrected chi connectivity index (χ4v) is 3.36. The highest BCUT2D eigenvalue weighted by Gasteiger charge is 2.17. The number of benzene rings is 1. The summed E-state index contributed by atoms with van der Waals surface area (Å²) < 4.78 is 12.9. The monoisotopic (exact) mass is 329 g/mol. The van der Waals surface area contributed by atoms with E-state index in [1.54, 1.807) is 19.1 Å². The number of H-pyrrole nitrogens is 1. The molecule has 0 aliphatic carbocycles. The Labute approximate surface area is 137 Å². The minimum Gasteiger partial charge on any atom is -0.356 e. The second kappa shape index (κ2) is 5.96. The molecule has 0 saturated heterocycles. The molecule has 118 valence electrons. The zero-order chi connectivity index (χ0) is 16.6. The molecule has 0 bridgehead atoms. The molecule has 2 heterocycles. The van der Waals surface area contributed by atoms with Gasteiger partial charge >= 0.3 is 0 Å². The van der Waals surface area contributed by atoms with E-state index < -0.39 is 0 Å². The van der Waals surface area contributed by atoms with Crippen LogP contribution in [0.25, 0.3) is 11.4 Å². The summed E-state index contributed by atoms with van der Waals surface area (Å²) in [6, 6.07) is 6.12. The molecule has 0 aliphatic rings. The van der Waals surface area contributed by atoms with Crippen molar-refractivity contribution in [2.24, 2.45) is 0 Å². The molecule has 2 N–H and O–H groups in total. The van der Waals surface area contributed by atoms with E-state index in [0.717, 1.165) is 33.9 Å². The molecule has 0 saturated carbocycles. The normalized spacial score (nSPS) is 10.8.